The van der Waals surface area contributed by atoms with Gasteiger partial charge in [-0.2, -0.15) is 0 Å². The van der Waals surface area contributed by atoms with Crippen LogP contribution in [0.1, 0.15) is 42.1 Å². The molecule has 0 aliphatic carbocycles. The van der Waals surface area contributed by atoms with Crippen molar-refractivity contribution >= 4 is 29.1 Å². The van der Waals surface area contributed by atoms with Crippen molar-refractivity contribution in [2.24, 2.45) is 0 Å². The predicted octanol–water partition coefficient (Wildman–Crippen LogP) is 6.07. The van der Waals surface area contributed by atoms with Crippen molar-refractivity contribution in [3.63, 3.8) is 0 Å². The van der Waals surface area contributed by atoms with Gasteiger partial charge >= 0.3 is 0 Å². The number of amides is 1. The van der Waals surface area contributed by atoms with E-state index in [0.717, 1.165) is 11.1 Å². The molecule has 0 spiro atoms. The number of Topliss-reactive ketones (excluding diaryl/α,β-unsaturated/α-hetero) is 1. The van der Waals surface area contributed by atoms with Crippen LogP contribution in [0, 0.1) is 6.92 Å². The Morgan fingerprint density at radius 2 is 1.71 bits per heavy atom. The first-order valence-electron chi connectivity index (χ1n) is 12.2. The molecular weight excluding hydrogens is 506 g/mol. The summed E-state index contributed by atoms with van der Waals surface area (Å²) in [4.78, 5) is 28.4. The number of hydrogen-bond donors (Lipinski definition) is 1. The van der Waals surface area contributed by atoms with Crippen LogP contribution in [0.25, 0.3) is 5.76 Å². The van der Waals surface area contributed by atoms with E-state index in [1.165, 1.54) is 12.0 Å². The largest absolute Gasteiger partial charge is 0.507 e. The molecule has 0 bridgehead atoms. The topological polar surface area (TPSA) is 85.3 Å². The standard InChI is InChI=1S/C30H30ClNO6/c1-17(2)38-22-11-7-9-20(15-22)26-25(27(33)23-12-18(3)13-24(31)29(23)37-5)28(34)30(35)32(26)16-19-8-6-10-21(14-19)36-4/h6-15,17,26,33H,16H2,1-5H3/b27-25+. The van der Waals surface area contributed by atoms with E-state index in [1.807, 2.05) is 32.9 Å². The first-order chi connectivity index (χ1) is 18.1. The van der Waals surface area contributed by atoms with Gasteiger partial charge in [0.2, 0.25) is 0 Å². The molecule has 1 atom stereocenters. The lowest BCUT2D eigenvalue weighted by molar-refractivity contribution is -0.140. The van der Waals surface area contributed by atoms with Crippen molar-refractivity contribution < 1.29 is 28.9 Å². The molecule has 38 heavy (non-hydrogen) atoms. The van der Waals surface area contributed by atoms with E-state index in [4.69, 9.17) is 25.8 Å². The molecule has 4 rings (SSSR count). The van der Waals surface area contributed by atoms with Gasteiger partial charge < -0.3 is 24.2 Å². The fourth-order valence-corrected chi connectivity index (χ4v) is 5.00. The number of methoxy groups -OCH3 is 2. The monoisotopic (exact) mass is 535 g/mol. The van der Waals surface area contributed by atoms with E-state index < -0.39 is 17.7 Å². The number of benzene rings is 3. The number of likely N-dealkylation sites (tertiary alicyclic amines) is 1. The number of nitrogens with zero attached hydrogens (tertiary/aromatic N) is 1. The van der Waals surface area contributed by atoms with Gasteiger partial charge in [0, 0.05) is 6.54 Å². The van der Waals surface area contributed by atoms with Crippen molar-refractivity contribution in [1.29, 1.82) is 0 Å². The van der Waals surface area contributed by atoms with E-state index in [2.05, 4.69) is 0 Å². The molecule has 1 N–H and O–H groups in total. The van der Waals surface area contributed by atoms with Crippen LogP contribution < -0.4 is 14.2 Å². The third-order valence-electron chi connectivity index (χ3n) is 6.22. The highest BCUT2D eigenvalue weighted by Gasteiger charge is 2.46. The third-order valence-corrected chi connectivity index (χ3v) is 6.50. The second kappa shape index (κ2) is 11.2. The van der Waals surface area contributed by atoms with Gasteiger partial charge in [-0.05, 0) is 73.9 Å². The maximum atomic E-state index is 13.5. The number of carbonyl (C=O) groups excluding carboxylic acids is 2. The molecule has 1 aliphatic heterocycles. The minimum atomic E-state index is -0.888. The van der Waals surface area contributed by atoms with Gasteiger partial charge in [-0.3, -0.25) is 9.59 Å². The van der Waals surface area contributed by atoms with Gasteiger partial charge in [-0.25, -0.2) is 0 Å². The van der Waals surface area contributed by atoms with Crippen molar-refractivity contribution in [2.45, 2.75) is 39.5 Å². The summed E-state index contributed by atoms with van der Waals surface area (Å²) in [5.74, 6) is -0.469. The van der Waals surface area contributed by atoms with Crippen LogP contribution in [-0.2, 0) is 16.1 Å². The number of rotatable bonds is 8. The number of ketones is 1. The molecule has 0 radical (unpaired) electrons. The first-order valence-corrected chi connectivity index (χ1v) is 12.5. The highest BCUT2D eigenvalue weighted by molar-refractivity contribution is 6.46. The zero-order valence-electron chi connectivity index (χ0n) is 21.9. The van der Waals surface area contributed by atoms with Crippen molar-refractivity contribution in [3.8, 4) is 17.2 Å². The molecule has 3 aromatic carbocycles. The SMILES string of the molecule is COc1cccc(CN2C(=O)C(=O)/C(=C(/O)c3cc(C)cc(Cl)c3OC)C2c2cccc(OC(C)C)c2)c1. The van der Waals surface area contributed by atoms with Crippen molar-refractivity contribution in [2.75, 3.05) is 14.2 Å². The number of halogens is 1. The Labute approximate surface area is 227 Å². The minimum absolute atomic E-state index is 0.0560. The number of aliphatic hydroxyl groups excluding tert-OH is 1. The van der Waals surface area contributed by atoms with Crippen LogP contribution in [-0.4, -0.2) is 42.0 Å². The molecule has 1 unspecified atom stereocenters. The predicted molar refractivity (Wildman–Crippen MR) is 146 cm³/mol. The van der Waals surface area contributed by atoms with Gasteiger partial charge in [0.1, 0.15) is 23.0 Å². The van der Waals surface area contributed by atoms with E-state index in [1.54, 1.807) is 55.6 Å². The van der Waals surface area contributed by atoms with Gasteiger partial charge in [-0.15, -0.1) is 0 Å². The van der Waals surface area contributed by atoms with Gasteiger partial charge in [0.25, 0.3) is 11.7 Å². The second-order valence-corrected chi connectivity index (χ2v) is 9.75. The quantitative estimate of drug-likeness (QED) is 0.214. The van der Waals surface area contributed by atoms with Crippen LogP contribution in [0.3, 0.4) is 0 Å². The zero-order valence-corrected chi connectivity index (χ0v) is 22.7. The minimum Gasteiger partial charge on any atom is -0.507 e. The molecule has 198 valence electrons. The van der Waals surface area contributed by atoms with Crippen LogP contribution in [0.2, 0.25) is 5.02 Å². The molecule has 1 amide bonds. The first kappa shape index (κ1) is 27.1. The third kappa shape index (κ3) is 5.34. The fraction of sp³-hybridized carbons (Fsp3) is 0.267. The van der Waals surface area contributed by atoms with Gasteiger partial charge in [0.05, 0.1) is 42.5 Å². The van der Waals surface area contributed by atoms with Crippen LogP contribution in [0.4, 0.5) is 0 Å². The van der Waals surface area contributed by atoms with E-state index >= 15 is 0 Å². The Morgan fingerprint density at radius 3 is 2.39 bits per heavy atom. The Balaban J connectivity index is 1.92. The van der Waals surface area contributed by atoms with Crippen LogP contribution in [0.15, 0.2) is 66.2 Å². The number of hydrogen-bond acceptors (Lipinski definition) is 6. The number of ether oxygens (including phenoxy) is 3. The lowest BCUT2D eigenvalue weighted by Crippen LogP contribution is -2.29. The highest BCUT2D eigenvalue weighted by Crippen LogP contribution is 2.44. The summed E-state index contributed by atoms with van der Waals surface area (Å²) in [6.07, 6.45) is -0.0768. The van der Waals surface area contributed by atoms with Crippen molar-refractivity contribution in [3.05, 3.63) is 93.5 Å². The average molecular weight is 536 g/mol. The average Bonchev–Trinajstić information content (AvgIpc) is 3.12. The molecule has 1 heterocycles. The smallest absolute Gasteiger partial charge is 0.295 e. The zero-order chi connectivity index (χ0) is 27.6. The normalized spacial score (nSPS) is 16.7. The molecule has 3 aromatic rings. The summed E-state index contributed by atoms with van der Waals surface area (Å²) in [6.45, 7) is 5.75. The van der Waals surface area contributed by atoms with E-state index in [0.29, 0.717) is 17.1 Å². The fourth-order valence-electron chi connectivity index (χ4n) is 4.64. The van der Waals surface area contributed by atoms with Gasteiger partial charge in [-0.1, -0.05) is 35.9 Å². The number of aliphatic hydroxyl groups is 1. The van der Waals surface area contributed by atoms with Crippen LogP contribution in [0.5, 0.6) is 17.2 Å². The maximum absolute atomic E-state index is 13.5. The Morgan fingerprint density at radius 1 is 1.00 bits per heavy atom. The summed E-state index contributed by atoms with van der Waals surface area (Å²) >= 11 is 6.39. The summed E-state index contributed by atoms with van der Waals surface area (Å²) in [7, 11) is 2.99. The molecular formula is C30H30ClNO6. The molecule has 1 saturated heterocycles. The summed E-state index contributed by atoms with van der Waals surface area (Å²) < 4.78 is 16.7. The van der Waals surface area contributed by atoms with E-state index in [9.17, 15) is 14.7 Å². The number of aryl methyl sites for hydroxylation is 1. The molecule has 8 heteroatoms. The van der Waals surface area contributed by atoms with Crippen molar-refractivity contribution in [1.82, 2.24) is 4.90 Å². The maximum Gasteiger partial charge on any atom is 0.295 e. The van der Waals surface area contributed by atoms with Crippen LogP contribution >= 0.6 is 11.6 Å². The summed E-state index contributed by atoms with van der Waals surface area (Å²) in [6, 6.07) is 16.9. The van der Waals surface area contributed by atoms with Gasteiger partial charge in [0.15, 0.2) is 0 Å². The molecule has 1 fully saturated rings. The molecule has 1 aliphatic rings. The Bertz CT molecular complexity index is 1410. The summed E-state index contributed by atoms with van der Waals surface area (Å²) in [5, 5.41) is 11.9. The summed E-state index contributed by atoms with van der Waals surface area (Å²) in [5.41, 5.74) is 2.31. The Hall–Kier alpha value is -3.97. The molecule has 0 aromatic heterocycles. The van der Waals surface area contributed by atoms with E-state index in [-0.39, 0.29) is 40.3 Å². The highest BCUT2D eigenvalue weighted by atomic mass is 35.5. The lowest BCUT2D eigenvalue weighted by Gasteiger charge is -2.26. The molecule has 0 saturated carbocycles. The second-order valence-electron chi connectivity index (χ2n) is 9.35. The number of carbonyl (C=O) groups is 2. The molecule has 7 nitrogen and oxygen atoms in total. The lowest BCUT2D eigenvalue weighted by atomic mass is 9.94. The Kier molecular flexibility index (Phi) is 7.97.